The van der Waals surface area contributed by atoms with Crippen LogP contribution in [0.25, 0.3) is 64.3 Å². The fourth-order valence-corrected chi connectivity index (χ4v) is 8.35. The highest BCUT2D eigenvalue weighted by Gasteiger charge is 2.35. The highest BCUT2D eigenvalue weighted by atomic mass is 32.1. The number of nitrogens with zero attached hydrogens (tertiary/aromatic N) is 1. The zero-order valence-electron chi connectivity index (χ0n) is 39.7. The van der Waals surface area contributed by atoms with E-state index in [0.717, 1.165) is 33.2 Å². The summed E-state index contributed by atoms with van der Waals surface area (Å²) in [6, 6.07) is 28.7. The van der Waals surface area contributed by atoms with Crippen molar-refractivity contribution in [2.24, 2.45) is 0 Å². The smallest absolute Gasteiger partial charge is 0.0652 e. The van der Waals surface area contributed by atoms with Crippen LogP contribution in [0.15, 0.2) is 176 Å². The molecule has 0 bridgehead atoms. The molecule has 1 aromatic heterocycles. The topological polar surface area (TPSA) is 3.24 Å². The van der Waals surface area contributed by atoms with E-state index in [1.54, 1.807) is 36.4 Å². The van der Waals surface area contributed by atoms with Gasteiger partial charge in [-0.3, -0.25) is 0 Å². The van der Waals surface area contributed by atoms with Crippen molar-refractivity contribution in [1.82, 2.24) is 0 Å². The Morgan fingerprint density at radius 3 is 2.08 bits per heavy atom. The van der Waals surface area contributed by atoms with Crippen molar-refractivity contribution >= 4 is 59.3 Å². The average Bonchev–Trinajstić information content (AvgIpc) is 3.80. The van der Waals surface area contributed by atoms with Crippen molar-refractivity contribution < 1.29 is 16.4 Å². The summed E-state index contributed by atoms with van der Waals surface area (Å²) in [5.41, 5.74) is 3.41. The number of fused-ring (bicyclic) bond motifs is 7. The van der Waals surface area contributed by atoms with Crippen LogP contribution in [0.3, 0.4) is 0 Å². The van der Waals surface area contributed by atoms with Crippen LogP contribution in [-0.4, -0.2) is 0 Å². The standard InChI is InChI=1S/C49H35NS/c1-49(2)44-20-9-8-17-41(44)42-28-26-37(31-45(42)49)50(35-14-4-3-5-15-35)36-27-29-46-43(30-36)48-40(19-11-21-47(48)51-46)34-24-22-33(23-25-34)39-18-10-13-32-12-6-7-16-38(32)39/h3-31H,1-2H3/i8D,9D,11D,17D,19D,20D,21D,26D,27D,28D,29D,30D. The molecule has 1 aliphatic carbocycles. The van der Waals surface area contributed by atoms with Gasteiger partial charge in [-0.2, -0.15) is 0 Å². The van der Waals surface area contributed by atoms with E-state index in [9.17, 15) is 8.22 Å². The highest BCUT2D eigenvalue weighted by molar-refractivity contribution is 7.26. The molecule has 1 nitrogen and oxygen atoms in total. The number of benzene rings is 8. The van der Waals surface area contributed by atoms with Crippen LogP contribution < -0.4 is 4.90 Å². The third kappa shape index (κ3) is 4.75. The molecule has 242 valence electrons. The summed E-state index contributed by atoms with van der Waals surface area (Å²) in [6.45, 7) is 3.62. The lowest BCUT2D eigenvalue weighted by molar-refractivity contribution is 0.660. The Labute approximate surface area is 319 Å². The van der Waals surface area contributed by atoms with Crippen molar-refractivity contribution in [3.05, 3.63) is 187 Å². The van der Waals surface area contributed by atoms with Gasteiger partial charge in [-0.15, -0.1) is 11.3 Å². The molecule has 0 amide bonds. The molecule has 0 spiro atoms. The largest absolute Gasteiger partial charge is 0.310 e. The van der Waals surface area contributed by atoms with E-state index in [0.29, 0.717) is 38.0 Å². The fraction of sp³-hybridized carbons (Fsp3) is 0.0612. The first-order valence-corrected chi connectivity index (χ1v) is 17.5. The minimum absolute atomic E-state index is 0.0749. The lowest BCUT2D eigenvalue weighted by Gasteiger charge is -2.28. The molecule has 0 unspecified atom stereocenters. The van der Waals surface area contributed by atoms with Crippen molar-refractivity contribution in [2.75, 3.05) is 4.90 Å². The highest BCUT2D eigenvalue weighted by Crippen LogP contribution is 2.51. The monoisotopic (exact) mass is 681 g/mol. The van der Waals surface area contributed by atoms with Gasteiger partial charge in [0.1, 0.15) is 0 Å². The second-order valence-electron chi connectivity index (χ2n) is 13.2. The van der Waals surface area contributed by atoms with Gasteiger partial charge >= 0.3 is 0 Å². The Morgan fingerprint density at radius 2 is 1.22 bits per heavy atom. The van der Waals surface area contributed by atoms with Gasteiger partial charge in [0.05, 0.1) is 16.4 Å². The van der Waals surface area contributed by atoms with Gasteiger partial charge < -0.3 is 4.90 Å². The Morgan fingerprint density at radius 1 is 0.510 bits per heavy atom. The molecule has 0 radical (unpaired) electrons. The predicted molar refractivity (Wildman–Crippen MR) is 220 cm³/mol. The van der Waals surface area contributed by atoms with Gasteiger partial charge in [0.15, 0.2) is 0 Å². The third-order valence-corrected chi connectivity index (χ3v) is 10.9. The zero-order chi connectivity index (χ0) is 44.5. The summed E-state index contributed by atoms with van der Waals surface area (Å²) >= 11 is 1.04. The van der Waals surface area contributed by atoms with E-state index in [4.69, 9.17) is 8.22 Å². The Hall–Kier alpha value is -5.96. The van der Waals surface area contributed by atoms with Crippen molar-refractivity contribution in [3.8, 4) is 33.4 Å². The number of hydrogen-bond donors (Lipinski definition) is 0. The SMILES string of the molecule is [2H]c1c(N(c2ccccc2)c2c([2H])c([2H])c3sc4c([2H])c([2H])c([2H])c(-c5ccc(-c6cccc7ccccc67)cc5)c4c3c2[2H])cc2c(c1[2H])-c1c([2H])c([2H])c([2H])c([2H])c1C2(C)C. The van der Waals surface area contributed by atoms with Gasteiger partial charge in [-0.25, -0.2) is 0 Å². The van der Waals surface area contributed by atoms with Crippen LogP contribution in [0.5, 0.6) is 0 Å². The maximum Gasteiger partial charge on any atom is 0.0652 e. The first-order valence-electron chi connectivity index (χ1n) is 22.7. The molecule has 0 saturated heterocycles. The number of para-hydroxylation sites is 1. The van der Waals surface area contributed by atoms with E-state index in [-0.39, 0.29) is 93.0 Å². The fourth-order valence-electron chi connectivity index (χ4n) is 7.38. The normalized spacial score (nSPS) is 16.4. The average molecular weight is 682 g/mol. The van der Waals surface area contributed by atoms with Gasteiger partial charge in [0, 0.05) is 42.6 Å². The molecular formula is C49H35NS. The molecule has 0 aliphatic heterocycles. The molecule has 51 heavy (non-hydrogen) atoms. The molecule has 9 aromatic rings. The van der Waals surface area contributed by atoms with Gasteiger partial charge in [0.2, 0.25) is 0 Å². The molecule has 2 heteroatoms. The summed E-state index contributed by atoms with van der Waals surface area (Å²) in [5.74, 6) is 0. The van der Waals surface area contributed by atoms with E-state index in [1.807, 2.05) is 62.4 Å². The number of thiophene rings is 1. The van der Waals surface area contributed by atoms with Gasteiger partial charge in [-0.1, -0.05) is 141 Å². The van der Waals surface area contributed by atoms with Crippen LogP contribution in [0.1, 0.15) is 41.4 Å². The molecular weight excluding hydrogens is 635 g/mol. The Kier molecular flexibility index (Phi) is 4.54. The molecule has 0 atom stereocenters. The minimum atomic E-state index is -1.05. The van der Waals surface area contributed by atoms with Crippen LogP contribution in [0, 0.1) is 0 Å². The zero-order valence-corrected chi connectivity index (χ0v) is 28.5. The lowest BCUT2D eigenvalue weighted by atomic mass is 9.82. The van der Waals surface area contributed by atoms with Crippen LogP contribution >= 0.6 is 11.3 Å². The Balaban J connectivity index is 1.25. The van der Waals surface area contributed by atoms with E-state index >= 15 is 0 Å². The quantitative estimate of drug-likeness (QED) is 0.175. The summed E-state index contributed by atoms with van der Waals surface area (Å²) in [5, 5.41) is 2.73. The lowest BCUT2D eigenvalue weighted by Crippen LogP contribution is -2.16. The maximum atomic E-state index is 10.0. The summed E-state index contributed by atoms with van der Waals surface area (Å²) < 4.78 is 110. The van der Waals surface area contributed by atoms with Crippen LogP contribution in [-0.2, 0) is 5.41 Å². The molecule has 0 N–H and O–H groups in total. The first kappa shape index (κ1) is 20.0. The molecule has 0 saturated carbocycles. The van der Waals surface area contributed by atoms with Gasteiger partial charge in [0.25, 0.3) is 0 Å². The third-order valence-electron chi connectivity index (χ3n) is 9.91. The maximum absolute atomic E-state index is 10.0. The second-order valence-corrected chi connectivity index (χ2v) is 14.2. The molecule has 0 fully saturated rings. The van der Waals surface area contributed by atoms with E-state index < -0.39 is 17.5 Å². The van der Waals surface area contributed by atoms with E-state index in [2.05, 4.69) is 18.2 Å². The summed E-state index contributed by atoms with van der Waals surface area (Å²) in [4.78, 5) is 1.52. The summed E-state index contributed by atoms with van der Waals surface area (Å²) in [7, 11) is 0. The second kappa shape index (κ2) is 11.6. The molecule has 8 aromatic carbocycles. The van der Waals surface area contributed by atoms with Crippen molar-refractivity contribution in [2.45, 2.75) is 19.3 Å². The first-order chi connectivity index (χ1) is 30.1. The Bertz CT molecular complexity index is 3450. The van der Waals surface area contributed by atoms with Crippen molar-refractivity contribution in [1.29, 1.82) is 0 Å². The molecule has 1 heterocycles. The number of rotatable bonds is 5. The van der Waals surface area contributed by atoms with Crippen LogP contribution in [0.4, 0.5) is 17.1 Å². The summed E-state index contributed by atoms with van der Waals surface area (Å²) in [6.07, 6.45) is 0. The van der Waals surface area contributed by atoms with Crippen LogP contribution in [0.2, 0.25) is 0 Å². The van der Waals surface area contributed by atoms with Crippen molar-refractivity contribution in [3.63, 3.8) is 0 Å². The molecule has 1 aliphatic rings. The van der Waals surface area contributed by atoms with Gasteiger partial charge in [-0.05, 0) is 104 Å². The predicted octanol–water partition coefficient (Wildman–Crippen LogP) is 14.3. The number of anilines is 3. The molecule has 10 rings (SSSR count). The number of hydrogen-bond acceptors (Lipinski definition) is 2. The van der Waals surface area contributed by atoms with E-state index in [1.165, 1.54) is 4.90 Å². The minimum Gasteiger partial charge on any atom is -0.310 e.